The number of halogens is 3. The molecular formula is C15H16F3N5O2. The van der Waals surface area contributed by atoms with E-state index < -0.39 is 18.0 Å². The molecule has 1 fully saturated rings. The van der Waals surface area contributed by atoms with Crippen LogP contribution in [0.15, 0.2) is 30.5 Å². The highest BCUT2D eigenvalue weighted by atomic mass is 19.4. The molecule has 0 saturated carbocycles. The Bertz CT molecular complexity index is 762. The summed E-state index contributed by atoms with van der Waals surface area (Å²) in [5.41, 5.74) is 5.23. The van der Waals surface area contributed by atoms with Crippen molar-refractivity contribution < 1.29 is 22.7 Å². The first-order valence-electron chi connectivity index (χ1n) is 7.55. The third-order valence-corrected chi connectivity index (χ3v) is 3.77. The minimum Gasteiger partial charge on any atom is -0.384 e. The van der Waals surface area contributed by atoms with Gasteiger partial charge in [0.1, 0.15) is 18.5 Å². The van der Waals surface area contributed by atoms with E-state index in [0.717, 1.165) is 16.9 Å². The number of morpholine rings is 1. The molecule has 0 spiro atoms. The standard InChI is InChI=1S/C15H16F3N5O2/c16-15(17,18)12-4-5-23(21-12)9-14(24)22-6-7-25-11(8-22)10-2-1-3-13(19)20-10/h1-5,11H,6-9H2,(H2,19,20)/t11-/m0/s1. The molecule has 1 aliphatic heterocycles. The van der Waals surface area contributed by atoms with Gasteiger partial charge in [0.25, 0.3) is 0 Å². The fraction of sp³-hybridized carbons (Fsp3) is 0.400. The van der Waals surface area contributed by atoms with Crippen molar-refractivity contribution >= 4 is 11.7 Å². The molecule has 0 aromatic carbocycles. The van der Waals surface area contributed by atoms with Crippen LogP contribution in [0.4, 0.5) is 19.0 Å². The number of aromatic nitrogens is 3. The monoisotopic (exact) mass is 355 g/mol. The Morgan fingerprint density at radius 3 is 2.84 bits per heavy atom. The van der Waals surface area contributed by atoms with Crippen LogP contribution in [0.3, 0.4) is 0 Å². The van der Waals surface area contributed by atoms with E-state index in [1.807, 2.05) is 0 Å². The van der Waals surface area contributed by atoms with Crippen molar-refractivity contribution in [3.8, 4) is 0 Å². The zero-order valence-corrected chi connectivity index (χ0v) is 13.1. The van der Waals surface area contributed by atoms with Crippen LogP contribution in [-0.4, -0.2) is 45.3 Å². The smallest absolute Gasteiger partial charge is 0.384 e. The van der Waals surface area contributed by atoms with Crippen LogP contribution in [0.1, 0.15) is 17.5 Å². The van der Waals surface area contributed by atoms with Gasteiger partial charge in [-0.25, -0.2) is 4.98 Å². The molecule has 0 unspecified atom stereocenters. The summed E-state index contributed by atoms with van der Waals surface area (Å²) in [5, 5.41) is 3.39. The van der Waals surface area contributed by atoms with Crippen LogP contribution in [0.25, 0.3) is 0 Å². The van der Waals surface area contributed by atoms with E-state index >= 15 is 0 Å². The average Bonchev–Trinajstić information content (AvgIpc) is 3.04. The first kappa shape index (κ1) is 17.2. The number of nitrogen functional groups attached to an aromatic ring is 1. The Hall–Kier alpha value is -2.62. The van der Waals surface area contributed by atoms with E-state index in [1.165, 1.54) is 4.90 Å². The lowest BCUT2D eigenvalue weighted by molar-refractivity contribution is -0.143. The summed E-state index contributed by atoms with van der Waals surface area (Å²) in [5.74, 6) is 0.00907. The van der Waals surface area contributed by atoms with Crippen LogP contribution in [0, 0.1) is 0 Å². The van der Waals surface area contributed by atoms with Crippen molar-refractivity contribution in [3.63, 3.8) is 0 Å². The van der Waals surface area contributed by atoms with Gasteiger partial charge in [0.05, 0.1) is 18.8 Å². The van der Waals surface area contributed by atoms with Crippen molar-refractivity contribution in [1.29, 1.82) is 0 Å². The average molecular weight is 355 g/mol. The molecular weight excluding hydrogens is 339 g/mol. The second kappa shape index (κ2) is 6.71. The molecule has 7 nitrogen and oxygen atoms in total. The molecule has 3 heterocycles. The normalized spacial score (nSPS) is 18.4. The van der Waals surface area contributed by atoms with Crippen LogP contribution in [0.5, 0.6) is 0 Å². The number of alkyl halides is 3. The molecule has 1 aliphatic rings. The van der Waals surface area contributed by atoms with E-state index in [-0.39, 0.29) is 19.0 Å². The highest BCUT2D eigenvalue weighted by Crippen LogP contribution is 2.27. The maximum Gasteiger partial charge on any atom is 0.435 e. The first-order chi connectivity index (χ1) is 11.8. The van der Waals surface area contributed by atoms with Crippen molar-refractivity contribution in [2.24, 2.45) is 0 Å². The molecule has 1 amide bonds. The van der Waals surface area contributed by atoms with Crippen LogP contribution in [0.2, 0.25) is 0 Å². The number of amides is 1. The van der Waals surface area contributed by atoms with Crippen molar-refractivity contribution in [3.05, 3.63) is 41.9 Å². The van der Waals surface area contributed by atoms with E-state index in [4.69, 9.17) is 10.5 Å². The molecule has 10 heteroatoms. The molecule has 0 aliphatic carbocycles. The maximum absolute atomic E-state index is 12.6. The number of carbonyl (C=O) groups excluding carboxylic acids is 1. The van der Waals surface area contributed by atoms with Gasteiger partial charge >= 0.3 is 6.18 Å². The van der Waals surface area contributed by atoms with Gasteiger partial charge in [0, 0.05) is 12.7 Å². The van der Waals surface area contributed by atoms with Crippen LogP contribution >= 0.6 is 0 Å². The Kier molecular flexibility index (Phi) is 4.62. The lowest BCUT2D eigenvalue weighted by Crippen LogP contribution is -2.44. The summed E-state index contributed by atoms with van der Waals surface area (Å²) in [4.78, 5) is 18.1. The number of nitrogens with two attached hydrogens (primary N) is 1. The predicted molar refractivity (Wildman–Crippen MR) is 81.2 cm³/mol. The van der Waals surface area contributed by atoms with Crippen LogP contribution < -0.4 is 5.73 Å². The van der Waals surface area contributed by atoms with Gasteiger partial charge in [-0.15, -0.1) is 0 Å². The second-order valence-electron chi connectivity index (χ2n) is 5.58. The van der Waals surface area contributed by atoms with Gasteiger partial charge in [0.15, 0.2) is 5.69 Å². The molecule has 25 heavy (non-hydrogen) atoms. The van der Waals surface area contributed by atoms with Crippen molar-refractivity contribution in [2.45, 2.75) is 18.8 Å². The van der Waals surface area contributed by atoms with E-state index in [9.17, 15) is 18.0 Å². The highest BCUT2D eigenvalue weighted by molar-refractivity contribution is 5.76. The number of anilines is 1. The van der Waals surface area contributed by atoms with E-state index in [0.29, 0.717) is 24.7 Å². The quantitative estimate of drug-likeness (QED) is 0.901. The fourth-order valence-electron chi connectivity index (χ4n) is 2.54. The molecule has 2 N–H and O–H groups in total. The van der Waals surface area contributed by atoms with Crippen molar-refractivity contribution in [1.82, 2.24) is 19.7 Å². The first-order valence-corrected chi connectivity index (χ1v) is 7.55. The summed E-state index contributed by atoms with van der Waals surface area (Å²) in [6, 6.07) is 5.97. The number of carbonyl (C=O) groups is 1. The van der Waals surface area contributed by atoms with Gasteiger partial charge in [-0.2, -0.15) is 18.3 Å². The second-order valence-corrected chi connectivity index (χ2v) is 5.58. The lowest BCUT2D eigenvalue weighted by atomic mass is 10.2. The molecule has 2 aromatic heterocycles. The van der Waals surface area contributed by atoms with E-state index in [1.54, 1.807) is 18.2 Å². The number of hydrogen-bond acceptors (Lipinski definition) is 5. The fourth-order valence-corrected chi connectivity index (χ4v) is 2.54. The molecule has 0 bridgehead atoms. The summed E-state index contributed by atoms with van der Waals surface area (Å²) in [6.45, 7) is 0.640. The Labute approximate surface area is 141 Å². The lowest BCUT2D eigenvalue weighted by Gasteiger charge is -2.32. The van der Waals surface area contributed by atoms with Gasteiger partial charge in [-0.05, 0) is 18.2 Å². The van der Waals surface area contributed by atoms with Gasteiger partial charge in [0.2, 0.25) is 5.91 Å². The van der Waals surface area contributed by atoms with Crippen molar-refractivity contribution in [2.75, 3.05) is 25.4 Å². The minimum absolute atomic E-state index is 0.253. The maximum atomic E-state index is 12.6. The number of hydrogen-bond donors (Lipinski definition) is 1. The summed E-state index contributed by atoms with van der Waals surface area (Å²) < 4.78 is 44.3. The zero-order valence-electron chi connectivity index (χ0n) is 13.1. The third-order valence-electron chi connectivity index (χ3n) is 3.77. The largest absolute Gasteiger partial charge is 0.435 e. The summed E-state index contributed by atoms with van der Waals surface area (Å²) in [7, 11) is 0. The molecule has 0 radical (unpaired) electrons. The number of ether oxygens (including phenoxy) is 1. The topological polar surface area (TPSA) is 86.3 Å². The summed E-state index contributed by atoms with van der Waals surface area (Å²) >= 11 is 0. The molecule has 1 atom stereocenters. The Balaban J connectivity index is 1.65. The molecule has 1 saturated heterocycles. The van der Waals surface area contributed by atoms with Gasteiger partial charge in [-0.1, -0.05) is 6.07 Å². The number of nitrogens with zero attached hydrogens (tertiary/aromatic N) is 4. The summed E-state index contributed by atoms with van der Waals surface area (Å²) in [6.07, 6.45) is -3.82. The molecule has 3 rings (SSSR count). The SMILES string of the molecule is Nc1cccc([C@@H]2CN(C(=O)Cn3ccc(C(F)(F)F)n3)CCO2)n1. The highest BCUT2D eigenvalue weighted by Gasteiger charge is 2.34. The van der Waals surface area contributed by atoms with Gasteiger partial charge in [-0.3, -0.25) is 9.48 Å². The van der Waals surface area contributed by atoms with Gasteiger partial charge < -0.3 is 15.4 Å². The Morgan fingerprint density at radius 2 is 2.16 bits per heavy atom. The van der Waals surface area contributed by atoms with E-state index in [2.05, 4.69) is 10.1 Å². The molecule has 2 aromatic rings. The van der Waals surface area contributed by atoms with Crippen LogP contribution in [-0.2, 0) is 22.3 Å². The minimum atomic E-state index is -4.53. The number of pyridine rings is 1. The number of rotatable bonds is 3. The molecule has 134 valence electrons. The predicted octanol–water partition coefficient (Wildman–Crippen LogP) is 1.48. The zero-order chi connectivity index (χ0) is 18.0. The third kappa shape index (κ3) is 4.08. The Morgan fingerprint density at radius 1 is 1.36 bits per heavy atom.